The van der Waals surface area contributed by atoms with Crippen molar-refractivity contribution in [3.8, 4) is 11.4 Å². The van der Waals surface area contributed by atoms with E-state index in [2.05, 4.69) is 16.8 Å². The number of nitrogens with zero attached hydrogens (tertiary/aromatic N) is 3. The minimum absolute atomic E-state index is 0.472. The number of hydrogen-bond acceptors (Lipinski definition) is 6. The second kappa shape index (κ2) is 7.14. The number of allylic oxidation sites excluding steroid dienone is 1. The highest BCUT2D eigenvalue weighted by Crippen LogP contribution is 2.29. The zero-order valence-corrected chi connectivity index (χ0v) is 13.6. The summed E-state index contributed by atoms with van der Waals surface area (Å²) in [7, 11) is 0. The molecular weight excluding hydrogens is 318 g/mol. The van der Waals surface area contributed by atoms with E-state index in [0.717, 1.165) is 11.3 Å². The maximum absolute atomic E-state index is 11.8. The lowest BCUT2D eigenvalue weighted by atomic mass is 10.2. The quantitative estimate of drug-likeness (QED) is 0.613. The smallest absolute Gasteiger partial charge is 0.318 e. The van der Waals surface area contributed by atoms with Crippen LogP contribution in [0.5, 0.6) is 0 Å². The summed E-state index contributed by atoms with van der Waals surface area (Å²) in [6.07, 6.45) is 3.29. The molecule has 0 saturated carbocycles. The Morgan fingerprint density at radius 3 is 2.87 bits per heavy atom. The van der Waals surface area contributed by atoms with E-state index in [4.69, 9.17) is 10.2 Å². The largest absolute Gasteiger partial charge is 0.469 e. The van der Waals surface area contributed by atoms with Crippen molar-refractivity contribution in [2.75, 3.05) is 0 Å². The van der Waals surface area contributed by atoms with E-state index in [-0.39, 0.29) is 0 Å². The predicted molar refractivity (Wildman–Crippen MR) is 85.7 cm³/mol. The number of rotatable bonds is 6. The molecule has 122 valence electrons. The maximum atomic E-state index is 11.8. The van der Waals surface area contributed by atoms with Gasteiger partial charge in [0.15, 0.2) is 11.0 Å². The van der Waals surface area contributed by atoms with Crippen molar-refractivity contribution in [2.45, 2.75) is 30.8 Å². The van der Waals surface area contributed by atoms with Gasteiger partial charge >= 0.3 is 6.03 Å². The van der Waals surface area contributed by atoms with E-state index in [1.165, 1.54) is 11.8 Å². The maximum Gasteiger partial charge on any atom is 0.318 e. The van der Waals surface area contributed by atoms with Crippen LogP contribution in [-0.4, -0.2) is 32.0 Å². The van der Waals surface area contributed by atoms with Crippen molar-refractivity contribution in [1.82, 2.24) is 20.1 Å². The van der Waals surface area contributed by atoms with Crippen LogP contribution in [0.25, 0.3) is 11.4 Å². The normalized spacial score (nSPS) is 11.9. The van der Waals surface area contributed by atoms with Crippen molar-refractivity contribution in [3.05, 3.63) is 30.7 Å². The van der Waals surface area contributed by atoms with Crippen molar-refractivity contribution in [2.24, 2.45) is 5.73 Å². The van der Waals surface area contributed by atoms with Crippen LogP contribution in [0.1, 0.15) is 12.7 Å². The van der Waals surface area contributed by atoms with E-state index in [0.29, 0.717) is 17.5 Å². The number of hydrogen-bond donors (Lipinski definition) is 2. The lowest BCUT2D eigenvalue weighted by Gasteiger charge is -2.11. The molecule has 2 aromatic heterocycles. The fourth-order valence-electron chi connectivity index (χ4n) is 1.92. The number of carbonyl (C=O) groups excluding carboxylic acids is 2. The number of imide groups is 1. The van der Waals surface area contributed by atoms with E-state index >= 15 is 0 Å². The van der Waals surface area contributed by atoms with Gasteiger partial charge in [0, 0.05) is 6.54 Å². The molecule has 0 radical (unpaired) electrons. The molecule has 0 bridgehead atoms. The molecule has 3 amide bonds. The highest BCUT2D eigenvalue weighted by Gasteiger charge is 2.22. The van der Waals surface area contributed by atoms with Crippen molar-refractivity contribution >= 4 is 23.7 Å². The predicted octanol–water partition coefficient (Wildman–Crippen LogP) is 1.71. The summed E-state index contributed by atoms with van der Waals surface area (Å²) in [5, 5.41) is 10.3. The number of carbonyl (C=O) groups is 2. The molecule has 0 aliphatic heterocycles. The molecule has 1 unspecified atom stereocenters. The van der Waals surface area contributed by atoms with E-state index in [1.54, 1.807) is 25.3 Å². The minimum atomic E-state index is -0.885. The van der Waals surface area contributed by atoms with Crippen LogP contribution in [0.4, 0.5) is 4.79 Å². The number of urea groups is 1. The number of thioether (sulfide) groups is 1. The lowest BCUT2D eigenvalue weighted by Crippen LogP contribution is -2.39. The molecule has 0 fully saturated rings. The summed E-state index contributed by atoms with van der Waals surface area (Å²) in [5.74, 6) is 0.858. The number of nitrogens with two attached hydrogens (primary N) is 1. The Morgan fingerprint density at radius 2 is 2.30 bits per heavy atom. The average molecular weight is 335 g/mol. The van der Waals surface area contributed by atoms with Crippen LogP contribution in [-0.2, 0) is 11.3 Å². The van der Waals surface area contributed by atoms with E-state index < -0.39 is 17.2 Å². The minimum Gasteiger partial charge on any atom is -0.469 e. The molecule has 9 heteroatoms. The standard InChI is InChI=1S/C14H17N5O3S/c1-4-6-19-11(10-5-7-22-8(10)2)17-18-14(19)23-9(3)12(20)16-13(15)21/h4-5,7,9H,1,6H2,2-3H3,(H3,15,16,20,21). The third-order valence-electron chi connectivity index (χ3n) is 3.03. The van der Waals surface area contributed by atoms with Crippen LogP contribution in [0.2, 0.25) is 0 Å². The first kappa shape index (κ1) is 16.8. The molecule has 1 atom stereocenters. The van der Waals surface area contributed by atoms with Gasteiger partial charge in [-0.1, -0.05) is 17.8 Å². The highest BCUT2D eigenvalue weighted by atomic mass is 32.2. The fourth-order valence-corrected chi connectivity index (χ4v) is 2.78. The van der Waals surface area contributed by atoms with E-state index in [9.17, 15) is 9.59 Å². The van der Waals surface area contributed by atoms with Gasteiger partial charge in [-0.2, -0.15) is 0 Å². The highest BCUT2D eigenvalue weighted by molar-refractivity contribution is 8.00. The van der Waals surface area contributed by atoms with Crippen molar-refractivity contribution in [3.63, 3.8) is 0 Å². The number of aryl methyl sites for hydroxylation is 1. The Labute approximate surface area is 137 Å². The molecular formula is C14H17N5O3S. The Bertz CT molecular complexity index is 737. The van der Waals surface area contributed by atoms with E-state index in [1.807, 2.05) is 16.8 Å². The second-order valence-electron chi connectivity index (χ2n) is 4.71. The number of furan rings is 1. The Kier molecular flexibility index (Phi) is 5.22. The molecule has 0 aromatic carbocycles. The summed E-state index contributed by atoms with van der Waals surface area (Å²) in [5.41, 5.74) is 5.77. The van der Waals surface area contributed by atoms with Crippen LogP contribution >= 0.6 is 11.8 Å². The molecule has 3 N–H and O–H groups in total. The Morgan fingerprint density at radius 1 is 1.57 bits per heavy atom. The van der Waals surface area contributed by atoms with Gasteiger partial charge in [-0.3, -0.25) is 14.7 Å². The topological polar surface area (TPSA) is 116 Å². The molecule has 0 aliphatic rings. The first-order valence-corrected chi connectivity index (χ1v) is 7.67. The van der Waals surface area contributed by atoms with Gasteiger partial charge in [0.05, 0.1) is 17.1 Å². The second-order valence-corrected chi connectivity index (χ2v) is 6.02. The average Bonchev–Trinajstić information content (AvgIpc) is 3.05. The van der Waals surface area contributed by atoms with Crippen LogP contribution < -0.4 is 11.1 Å². The van der Waals surface area contributed by atoms with Gasteiger partial charge in [0.1, 0.15) is 5.76 Å². The molecule has 0 saturated heterocycles. The summed E-state index contributed by atoms with van der Waals surface area (Å²) >= 11 is 1.18. The third-order valence-corrected chi connectivity index (χ3v) is 4.11. The Hall–Kier alpha value is -2.55. The van der Waals surface area contributed by atoms with Gasteiger partial charge in [-0.25, -0.2) is 4.79 Å². The number of aromatic nitrogens is 3. The zero-order chi connectivity index (χ0) is 17.0. The number of primary amides is 1. The molecule has 2 heterocycles. The molecule has 0 spiro atoms. The van der Waals surface area contributed by atoms with Crippen LogP contribution in [0, 0.1) is 6.92 Å². The van der Waals surface area contributed by atoms with Gasteiger partial charge in [0.25, 0.3) is 0 Å². The zero-order valence-electron chi connectivity index (χ0n) is 12.8. The molecule has 2 aromatic rings. The van der Waals surface area contributed by atoms with Crippen molar-refractivity contribution < 1.29 is 14.0 Å². The van der Waals surface area contributed by atoms with Crippen molar-refractivity contribution in [1.29, 1.82) is 0 Å². The Balaban J connectivity index is 2.28. The summed E-state index contributed by atoms with van der Waals surface area (Å²) in [6, 6.07) is 0.918. The molecule has 0 aliphatic carbocycles. The lowest BCUT2D eigenvalue weighted by molar-refractivity contribution is -0.119. The molecule has 23 heavy (non-hydrogen) atoms. The van der Waals surface area contributed by atoms with Crippen LogP contribution in [0.15, 0.2) is 34.6 Å². The fraction of sp³-hybridized carbons (Fsp3) is 0.286. The summed E-state index contributed by atoms with van der Waals surface area (Å²) in [4.78, 5) is 22.5. The van der Waals surface area contributed by atoms with Gasteiger partial charge in [-0.15, -0.1) is 16.8 Å². The number of nitrogens with one attached hydrogen (secondary N) is 1. The SMILES string of the molecule is C=CCn1c(SC(C)C(=O)NC(N)=O)nnc1-c1ccoc1C. The molecule has 8 nitrogen and oxygen atoms in total. The first-order chi connectivity index (χ1) is 10.9. The number of amides is 3. The first-order valence-electron chi connectivity index (χ1n) is 6.79. The van der Waals surface area contributed by atoms with Gasteiger partial charge in [0.2, 0.25) is 5.91 Å². The van der Waals surface area contributed by atoms with Crippen LogP contribution in [0.3, 0.4) is 0 Å². The summed E-state index contributed by atoms with van der Waals surface area (Å²) < 4.78 is 7.12. The molecule has 2 rings (SSSR count). The monoisotopic (exact) mass is 335 g/mol. The third kappa shape index (κ3) is 3.81. The van der Waals surface area contributed by atoms with Gasteiger partial charge < -0.3 is 10.2 Å². The van der Waals surface area contributed by atoms with Gasteiger partial charge in [-0.05, 0) is 19.9 Å². The summed E-state index contributed by atoms with van der Waals surface area (Å²) in [6.45, 7) is 7.68.